The van der Waals surface area contributed by atoms with Crippen LogP contribution in [0.3, 0.4) is 0 Å². The van der Waals surface area contributed by atoms with E-state index in [0.29, 0.717) is 13.2 Å². The highest BCUT2D eigenvalue weighted by Gasteiger charge is 2.44. The number of halogens is 2. The fraction of sp³-hybridized carbons (Fsp3) is 0.632. The fourth-order valence-electron chi connectivity index (χ4n) is 2.79. The standard InChI is InChI=1S/C19H30BrN3O2.HI/c1-21-18(22-10-3-4-11-25-13-12-24-2)23-15-19(8-9-19)16-6-5-7-17(20)14-16;/h5-7,14H,3-4,8-13,15H2,1-2H3,(H2,21,22,23);1H. The quantitative estimate of drug-likeness (QED) is 0.195. The van der Waals surface area contributed by atoms with E-state index in [0.717, 1.165) is 43.0 Å². The number of rotatable bonds is 11. The summed E-state index contributed by atoms with van der Waals surface area (Å²) in [6, 6.07) is 8.64. The molecule has 0 unspecified atom stereocenters. The van der Waals surface area contributed by atoms with Gasteiger partial charge in [-0.25, -0.2) is 0 Å². The lowest BCUT2D eigenvalue weighted by molar-refractivity contribution is 0.0689. The number of nitrogens with one attached hydrogen (secondary N) is 2. The molecular formula is C19H31BrIN3O2. The van der Waals surface area contributed by atoms with Crippen molar-refractivity contribution in [1.82, 2.24) is 10.6 Å². The minimum Gasteiger partial charge on any atom is -0.382 e. The molecule has 0 aliphatic heterocycles. The smallest absolute Gasteiger partial charge is 0.191 e. The van der Waals surface area contributed by atoms with Crippen LogP contribution in [0.25, 0.3) is 0 Å². The molecule has 2 rings (SSSR count). The van der Waals surface area contributed by atoms with Gasteiger partial charge in [0.15, 0.2) is 5.96 Å². The largest absolute Gasteiger partial charge is 0.382 e. The molecule has 0 radical (unpaired) electrons. The third-order valence-corrected chi connectivity index (χ3v) is 5.04. The average Bonchev–Trinajstić information content (AvgIpc) is 3.41. The topological polar surface area (TPSA) is 54.9 Å². The monoisotopic (exact) mass is 539 g/mol. The highest BCUT2D eigenvalue weighted by atomic mass is 127. The summed E-state index contributed by atoms with van der Waals surface area (Å²) in [5, 5.41) is 6.87. The van der Waals surface area contributed by atoms with E-state index in [-0.39, 0.29) is 29.4 Å². The van der Waals surface area contributed by atoms with Gasteiger partial charge in [-0.1, -0.05) is 28.1 Å². The molecule has 1 aromatic carbocycles. The summed E-state index contributed by atoms with van der Waals surface area (Å²) < 4.78 is 11.6. The van der Waals surface area contributed by atoms with Crippen LogP contribution < -0.4 is 10.6 Å². The molecule has 0 amide bonds. The van der Waals surface area contributed by atoms with E-state index in [1.54, 1.807) is 7.11 Å². The van der Waals surface area contributed by atoms with Crippen molar-refractivity contribution in [2.24, 2.45) is 4.99 Å². The number of hydrogen-bond acceptors (Lipinski definition) is 3. The maximum atomic E-state index is 5.46. The van der Waals surface area contributed by atoms with E-state index < -0.39 is 0 Å². The number of methoxy groups -OCH3 is 1. The van der Waals surface area contributed by atoms with Crippen LogP contribution in [-0.2, 0) is 14.9 Å². The predicted octanol–water partition coefficient (Wildman–Crippen LogP) is 3.71. The van der Waals surface area contributed by atoms with E-state index in [9.17, 15) is 0 Å². The molecule has 0 spiro atoms. The maximum Gasteiger partial charge on any atom is 0.191 e. The van der Waals surface area contributed by atoms with Crippen molar-refractivity contribution in [2.45, 2.75) is 31.1 Å². The van der Waals surface area contributed by atoms with Crippen LogP contribution >= 0.6 is 39.9 Å². The number of ether oxygens (including phenoxy) is 2. The van der Waals surface area contributed by atoms with Crippen molar-refractivity contribution in [3.05, 3.63) is 34.3 Å². The molecule has 1 aromatic rings. The number of hydrogen-bond donors (Lipinski definition) is 2. The van der Waals surface area contributed by atoms with Crippen molar-refractivity contribution in [2.75, 3.05) is 47.1 Å². The summed E-state index contributed by atoms with van der Waals surface area (Å²) in [7, 11) is 3.51. The molecule has 5 nitrogen and oxygen atoms in total. The summed E-state index contributed by atoms with van der Waals surface area (Å²) >= 11 is 3.57. The fourth-order valence-corrected chi connectivity index (χ4v) is 3.19. The van der Waals surface area contributed by atoms with Crippen LogP contribution in [0.4, 0.5) is 0 Å². The number of guanidine groups is 1. The molecule has 0 atom stereocenters. The Morgan fingerprint density at radius 3 is 2.65 bits per heavy atom. The van der Waals surface area contributed by atoms with Gasteiger partial charge in [0.2, 0.25) is 0 Å². The van der Waals surface area contributed by atoms with E-state index in [1.807, 2.05) is 7.05 Å². The molecule has 26 heavy (non-hydrogen) atoms. The first-order chi connectivity index (χ1) is 12.2. The Kier molecular flexibility index (Phi) is 11.7. The summed E-state index contributed by atoms with van der Waals surface area (Å²) in [6.07, 6.45) is 4.55. The Labute approximate surface area is 182 Å². The summed E-state index contributed by atoms with van der Waals surface area (Å²) in [6.45, 7) is 3.93. The van der Waals surface area contributed by atoms with Crippen molar-refractivity contribution < 1.29 is 9.47 Å². The summed E-state index contributed by atoms with van der Waals surface area (Å²) in [4.78, 5) is 4.33. The highest BCUT2D eigenvalue weighted by molar-refractivity contribution is 14.0. The number of aliphatic imine (C=N–C) groups is 1. The van der Waals surface area contributed by atoms with E-state index in [2.05, 4.69) is 55.8 Å². The lowest BCUT2D eigenvalue weighted by atomic mass is 9.96. The zero-order valence-corrected chi connectivity index (χ0v) is 19.6. The van der Waals surface area contributed by atoms with Crippen LogP contribution in [0.1, 0.15) is 31.2 Å². The molecule has 1 fully saturated rings. The Hall–Kier alpha value is -0.380. The van der Waals surface area contributed by atoms with Crippen LogP contribution in [-0.4, -0.2) is 53.0 Å². The number of unbranched alkanes of at least 4 members (excludes halogenated alkanes) is 1. The van der Waals surface area contributed by atoms with Gasteiger partial charge in [-0.05, 0) is 43.4 Å². The van der Waals surface area contributed by atoms with E-state index in [4.69, 9.17) is 9.47 Å². The van der Waals surface area contributed by atoms with Crippen molar-refractivity contribution >= 4 is 45.9 Å². The number of benzene rings is 1. The van der Waals surface area contributed by atoms with Gasteiger partial charge in [0.1, 0.15) is 0 Å². The molecule has 1 aliphatic rings. The molecule has 2 N–H and O–H groups in total. The van der Waals surface area contributed by atoms with Gasteiger partial charge in [-0.2, -0.15) is 0 Å². The van der Waals surface area contributed by atoms with Gasteiger partial charge in [0, 0.05) is 43.7 Å². The second-order valence-corrected chi connectivity index (χ2v) is 7.37. The van der Waals surface area contributed by atoms with Crippen molar-refractivity contribution in [3.63, 3.8) is 0 Å². The zero-order valence-electron chi connectivity index (χ0n) is 15.7. The minimum absolute atomic E-state index is 0. The lowest BCUT2D eigenvalue weighted by Gasteiger charge is -2.19. The van der Waals surface area contributed by atoms with Gasteiger partial charge >= 0.3 is 0 Å². The van der Waals surface area contributed by atoms with E-state index >= 15 is 0 Å². The van der Waals surface area contributed by atoms with Gasteiger partial charge in [0.05, 0.1) is 13.2 Å². The third kappa shape index (κ3) is 8.10. The summed E-state index contributed by atoms with van der Waals surface area (Å²) in [5.74, 6) is 0.876. The van der Waals surface area contributed by atoms with Gasteiger partial charge < -0.3 is 20.1 Å². The average molecular weight is 540 g/mol. The first kappa shape index (κ1) is 23.7. The first-order valence-corrected chi connectivity index (χ1v) is 9.77. The molecule has 0 saturated heterocycles. The van der Waals surface area contributed by atoms with Crippen LogP contribution in [0.5, 0.6) is 0 Å². The van der Waals surface area contributed by atoms with E-state index in [1.165, 1.54) is 18.4 Å². The zero-order chi connectivity index (χ0) is 18.0. The molecule has 7 heteroatoms. The maximum absolute atomic E-state index is 5.46. The lowest BCUT2D eigenvalue weighted by Crippen LogP contribution is -2.41. The normalized spacial score (nSPS) is 15.3. The van der Waals surface area contributed by atoms with Crippen LogP contribution in [0, 0.1) is 0 Å². The van der Waals surface area contributed by atoms with Crippen molar-refractivity contribution in [1.29, 1.82) is 0 Å². The SMILES string of the molecule is CN=C(NCCCCOCCOC)NCC1(c2cccc(Br)c2)CC1.I. The second-order valence-electron chi connectivity index (χ2n) is 6.46. The van der Waals surface area contributed by atoms with Gasteiger partial charge in [-0.3, -0.25) is 4.99 Å². The molecule has 148 valence electrons. The third-order valence-electron chi connectivity index (χ3n) is 4.55. The van der Waals surface area contributed by atoms with Gasteiger partial charge in [-0.15, -0.1) is 24.0 Å². The minimum atomic E-state index is 0. The molecular weight excluding hydrogens is 509 g/mol. The Balaban J connectivity index is 0.00000338. The molecule has 0 heterocycles. The van der Waals surface area contributed by atoms with Gasteiger partial charge in [0.25, 0.3) is 0 Å². The Morgan fingerprint density at radius 1 is 1.19 bits per heavy atom. The number of nitrogens with zero attached hydrogens (tertiary/aromatic N) is 1. The molecule has 0 aromatic heterocycles. The molecule has 1 saturated carbocycles. The molecule has 1 aliphatic carbocycles. The Bertz CT molecular complexity index is 553. The Morgan fingerprint density at radius 2 is 2.00 bits per heavy atom. The predicted molar refractivity (Wildman–Crippen MR) is 122 cm³/mol. The second kappa shape index (κ2) is 12.9. The first-order valence-electron chi connectivity index (χ1n) is 8.97. The summed E-state index contributed by atoms with van der Waals surface area (Å²) in [5.41, 5.74) is 1.66. The molecule has 0 bridgehead atoms. The van der Waals surface area contributed by atoms with Crippen LogP contribution in [0.2, 0.25) is 0 Å². The van der Waals surface area contributed by atoms with Crippen LogP contribution in [0.15, 0.2) is 33.7 Å². The highest BCUT2D eigenvalue weighted by Crippen LogP contribution is 2.48. The van der Waals surface area contributed by atoms with Crippen molar-refractivity contribution in [3.8, 4) is 0 Å².